The van der Waals surface area contributed by atoms with Gasteiger partial charge in [0.1, 0.15) is 17.4 Å². The van der Waals surface area contributed by atoms with Crippen molar-refractivity contribution in [3.63, 3.8) is 0 Å². The van der Waals surface area contributed by atoms with E-state index < -0.39 is 0 Å². The van der Waals surface area contributed by atoms with Gasteiger partial charge in [0.15, 0.2) is 12.4 Å². The second-order valence-electron chi connectivity index (χ2n) is 9.03. The Morgan fingerprint density at radius 1 is 0.947 bits per heavy atom. The first-order chi connectivity index (χ1) is 18.5. The monoisotopic (exact) mass is 537 g/mol. The van der Waals surface area contributed by atoms with Crippen LogP contribution in [0.3, 0.4) is 0 Å². The number of benzene rings is 1. The number of carbonyl (C=O) groups is 2. The highest BCUT2D eigenvalue weighted by molar-refractivity contribution is 6.32. The van der Waals surface area contributed by atoms with Crippen LogP contribution in [0.5, 0.6) is 5.75 Å². The molecule has 1 fully saturated rings. The van der Waals surface area contributed by atoms with Gasteiger partial charge >= 0.3 is 0 Å². The van der Waals surface area contributed by atoms with Gasteiger partial charge in [0.25, 0.3) is 5.91 Å². The number of hydrogen-bond donors (Lipinski definition) is 2. The number of piperazine rings is 1. The summed E-state index contributed by atoms with van der Waals surface area (Å²) in [5.41, 5.74) is 3.52. The van der Waals surface area contributed by atoms with Crippen LogP contribution in [0.2, 0.25) is 5.02 Å². The van der Waals surface area contributed by atoms with Gasteiger partial charge in [-0.15, -0.1) is 0 Å². The molecule has 2 aliphatic rings. The first kappa shape index (κ1) is 25.7. The Labute approximate surface area is 225 Å². The third kappa shape index (κ3) is 6.12. The van der Waals surface area contributed by atoms with E-state index in [1.807, 2.05) is 30.5 Å². The molecule has 2 aromatic heterocycles. The molecule has 0 atom stereocenters. The summed E-state index contributed by atoms with van der Waals surface area (Å²) >= 11 is 6.34. The Morgan fingerprint density at radius 3 is 2.47 bits per heavy atom. The van der Waals surface area contributed by atoms with Crippen LogP contribution in [0.15, 0.2) is 42.9 Å². The standard InChI is InChI=1S/C26H28ClN7O4/c1-37-15-23(35)33-6-8-34(9-7-33)24(36)16-38-22-5-4-19-11-18(22)3-2-17-10-20(13-28-12-17)31-26-29-14-21(27)25(30-19)32-26/h4-5,10-14H,2-3,6-9,15-16H2,1H3,(H2,29,30,31,32). The quantitative estimate of drug-likeness (QED) is 0.506. The van der Waals surface area contributed by atoms with Gasteiger partial charge < -0.3 is 29.9 Å². The third-order valence-corrected chi connectivity index (χ3v) is 6.68. The van der Waals surface area contributed by atoms with Gasteiger partial charge in [0.05, 0.1) is 18.1 Å². The first-order valence-corrected chi connectivity index (χ1v) is 12.7. The van der Waals surface area contributed by atoms with Gasteiger partial charge in [-0.2, -0.15) is 4.98 Å². The maximum Gasteiger partial charge on any atom is 0.260 e. The summed E-state index contributed by atoms with van der Waals surface area (Å²) in [4.78, 5) is 41.4. The summed E-state index contributed by atoms with van der Waals surface area (Å²) in [6.07, 6.45) is 6.45. The molecule has 1 aromatic carbocycles. The molecular formula is C26H28ClN7O4. The second kappa shape index (κ2) is 11.6. The summed E-state index contributed by atoms with van der Waals surface area (Å²) in [5.74, 6) is 1.30. The fourth-order valence-electron chi connectivity index (χ4n) is 4.40. The smallest absolute Gasteiger partial charge is 0.260 e. The minimum Gasteiger partial charge on any atom is -0.483 e. The van der Waals surface area contributed by atoms with E-state index in [4.69, 9.17) is 21.1 Å². The maximum atomic E-state index is 12.9. The van der Waals surface area contributed by atoms with Crippen molar-refractivity contribution >= 4 is 46.6 Å². The molecule has 2 N–H and O–H groups in total. The number of pyridine rings is 1. The summed E-state index contributed by atoms with van der Waals surface area (Å²) in [6.45, 7) is 1.85. The molecule has 11 nitrogen and oxygen atoms in total. The van der Waals surface area contributed by atoms with E-state index in [1.54, 1.807) is 16.0 Å². The molecule has 0 radical (unpaired) electrons. The van der Waals surface area contributed by atoms with Gasteiger partial charge in [-0.1, -0.05) is 11.6 Å². The number of hydrogen-bond acceptors (Lipinski definition) is 9. The largest absolute Gasteiger partial charge is 0.483 e. The third-order valence-electron chi connectivity index (χ3n) is 6.41. The summed E-state index contributed by atoms with van der Waals surface area (Å²) in [5, 5.41) is 6.81. The van der Waals surface area contributed by atoms with Crippen molar-refractivity contribution in [2.75, 3.05) is 57.1 Å². The lowest BCUT2D eigenvalue weighted by molar-refractivity contribution is -0.142. The summed E-state index contributed by atoms with van der Waals surface area (Å²) in [7, 11) is 1.49. The van der Waals surface area contributed by atoms with Crippen LogP contribution in [0.25, 0.3) is 0 Å². The molecule has 0 aliphatic carbocycles. The van der Waals surface area contributed by atoms with Gasteiger partial charge in [-0.3, -0.25) is 14.6 Å². The summed E-state index contributed by atoms with van der Waals surface area (Å²) < 4.78 is 10.9. The van der Waals surface area contributed by atoms with Crippen molar-refractivity contribution in [3.05, 3.63) is 59.0 Å². The average molecular weight is 538 g/mol. The number of amides is 2. The van der Waals surface area contributed by atoms with Crippen LogP contribution in [0.4, 0.5) is 23.1 Å². The Bertz CT molecular complexity index is 1330. The lowest BCUT2D eigenvalue weighted by atomic mass is 10.0. The SMILES string of the molecule is COCC(=O)N1CCN(C(=O)COc2ccc3cc2CCc2cncc(c2)Nc2ncc(Cl)c(n2)N3)CC1. The Kier molecular flexibility index (Phi) is 7.85. The van der Waals surface area contributed by atoms with Crippen molar-refractivity contribution in [2.45, 2.75) is 12.8 Å². The van der Waals surface area contributed by atoms with E-state index in [0.717, 1.165) is 22.5 Å². The second-order valence-corrected chi connectivity index (χ2v) is 9.43. The number of fused-ring (bicyclic) bond motifs is 6. The molecule has 2 amide bonds. The van der Waals surface area contributed by atoms with Gasteiger partial charge in [0.2, 0.25) is 11.9 Å². The number of carbonyl (C=O) groups excluding carboxylic acids is 2. The van der Waals surface area contributed by atoms with Crippen molar-refractivity contribution in [3.8, 4) is 5.75 Å². The van der Waals surface area contributed by atoms with E-state index >= 15 is 0 Å². The topological polar surface area (TPSA) is 122 Å². The zero-order valence-electron chi connectivity index (χ0n) is 20.9. The van der Waals surface area contributed by atoms with Gasteiger partial charge in [-0.25, -0.2) is 4.98 Å². The normalized spacial score (nSPS) is 14.8. The van der Waals surface area contributed by atoms with Crippen LogP contribution in [0.1, 0.15) is 11.1 Å². The maximum absolute atomic E-state index is 12.9. The van der Waals surface area contributed by atoms with E-state index in [-0.39, 0.29) is 25.0 Å². The number of rotatable bonds is 5. The number of nitrogens with one attached hydrogen (secondary N) is 2. The predicted octanol–water partition coefficient (Wildman–Crippen LogP) is 2.81. The number of ether oxygens (including phenoxy) is 2. The molecule has 38 heavy (non-hydrogen) atoms. The van der Waals surface area contributed by atoms with Crippen LogP contribution in [-0.2, 0) is 27.2 Å². The number of aromatic nitrogens is 3. The fraction of sp³-hybridized carbons (Fsp3) is 0.346. The first-order valence-electron chi connectivity index (χ1n) is 12.3. The zero-order valence-corrected chi connectivity index (χ0v) is 21.7. The molecule has 0 unspecified atom stereocenters. The van der Waals surface area contributed by atoms with E-state index in [9.17, 15) is 9.59 Å². The number of nitrogens with zero attached hydrogens (tertiary/aromatic N) is 5. The number of methoxy groups -OCH3 is 1. The van der Waals surface area contributed by atoms with Crippen molar-refractivity contribution in [2.24, 2.45) is 0 Å². The Hall–Kier alpha value is -3.96. The van der Waals surface area contributed by atoms with Crippen molar-refractivity contribution in [1.29, 1.82) is 0 Å². The number of halogens is 1. The molecule has 0 saturated carbocycles. The fourth-order valence-corrected chi connectivity index (χ4v) is 4.53. The molecule has 0 spiro atoms. The average Bonchev–Trinajstić information content (AvgIpc) is 2.93. The lowest BCUT2D eigenvalue weighted by Gasteiger charge is -2.34. The number of anilines is 4. The molecule has 5 rings (SSSR count). The summed E-state index contributed by atoms with van der Waals surface area (Å²) in [6, 6.07) is 7.67. The molecule has 12 heteroatoms. The van der Waals surface area contributed by atoms with Crippen molar-refractivity contribution < 1.29 is 19.1 Å². The molecular weight excluding hydrogens is 510 g/mol. The molecule has 2 aliphatic heterocycles. The van der Waals surface area contributed by atoms with Crippen LogP contribution < -0.4 is 15.4 Å². The zero-order chi connectivity index (χ0) is 26.5. The molecule has 6 bridgehead atoms. The molecule has 4 heterocycles. The Morgan fingerprint density at radius 2 is 1.71 bits per heavy atom. The molecule has 198 valence electrons. The van der Waals surface area contributed by atoms with Gasteiger partial charge in [0, 0.05) is 45.2 Å². The lowest BCUT2D eigenvalue weighted by Crippen LogP contribution is -2.52. The van der Waals surface area contributed by atoms with E-state index in [2.05, 4.69) is 25.6 Å². The van der Waals surface area contributed by atoms with E-state index in [1.165, 1.54) is 13.3 Å². The minimum atomic E-state index is -0.119. The molecule has 3 aromatic rings. The highest BCUT2D eigenvalue weighted by Crippen LogP contribution is 2.30. The van der Waals surface area contributed by atoms with E-state index in [0.29, 0.717) is 61.6 Å². The van der Waals surface area contributed by atoms with Crippen molar-refractivity contribution in [1.82, 2.24) is 24.8 Å². The van der Waals surface area contributed by atoms with Crippen LogP contribution >= 0.6 is 11.6 Å². The van der Waals surface area contributed by atoms with Crippen LogP contribution in [0, 0.1) is 0 Å². The highest BCUT2D eigenvalue weighted by Gasteiger charge is 2.24. The van der Waals surface area contributed by atoms with Gasteiger partial charge in [-0.05, 0) is 48.2 Å². The highest BCUT2D eigenvalue weighted by atomic mass is 35.5. The molecule has 1 saturated heterocycles. The number of aryl methyl sites for hydroxylation is 2. The van der Waals surface area contributed by atoms with Crippen LogP contribution in [-0.4, -0.2) is 83.1 Å². The Balaban J connectivity index is 1.30. The predicted molar refractivity (Wildman–Crippen MR) is 142 cm³/mol. The minimum absolute atomic E-state index is 0.0478.